The quantitative estimate of drug-likeness (QED) is 0.478. The van der Waals surface area contributed by atoms with E-state index in [0.29, 0.717) is 18.2 Å². The van der Waals surface area contributed by atoms with E-state index >= 15 is 0 Å². The van der Waals surface area contributed by atoms with Gasteiger partial charge in [-0.3, -0.25) is 0 Å². The molecule has 0 saturated heterocycles. The zero-order valence-electron chi connectivity index (χ0n) is 15.0. The number of aliphatic imine (C=N–C) groups is 1. The Bertz CT molecular complexity index is 1040. The van der Waals surface area contributed by atoms with E-state index in [9.17, 15) is 4.79 Å². The molecule has 3 aromatic carbocycles. The lowest BCUT2D eigenvalue weighted by Gasteiger charge is -2.04. The zero-order valence-corrected chi connectivity index (χ0v) is 15.0. The molecule has 4 rings (SSSR count). The summed E-state index contributed by atoms with van der Waals surface area (Å²) in [5.41, 5.74) is 1.97. The number of carbonyl (C=O) groups is 1. The number of esters is 1. The van der Waals surface area contributed by atoms with Crippen LogP contribution in [0.3, 0.4) is 0 Å². The molecule has 4 nitrogen and oxygen atoms in total. The van der Waals surface area contributed by atoms with E-state index in [1.807, 2.05) is 66.7 Å². The summed E-state index contributed by atoms with van der Waals surface area (Å²) in [6.07, 6.45) is 2.69. The number of carbonyl (C=O) groups excluding carboxylic acids is 1. The first-order chi connectivity index (χ1) is 13.2. The molecule has 1 heterocycles. The van der Waals surface area contributed by atoms with E-state index in [0.717, 1.165) is 34.1 Å². The van der Waals surface area contributed by atoms with Crippen LogP contribution in [0.15, 0.2) is 77.4 Å². The predicted molar refractivity (Wildman–Crippen MR) is 107 cm³/mol. The summed E-state index contributed by atoms with van der Waals surface area (Å²) in [6, 6.07) is 21.4. The molecule has 0 amide bonds. The minimum absolute atomic E-state index is 0.292. The Morgan fingerprint density at radius 3 is 2.59 bits per heavy atom. The van der Waals surface area contributed by atoms with E-state index in [1.54, 1.807) is 6.08 Å². The van der Waals surface area contributed by atoms with Crippen LogP contribution in [0.4, 0.5) is 0 Å². The first kappa shape index (κ1) is 17.0. The number of benzene rings is 3. The van der Waals surface area contributed by atoms with Crippen molar-refractivity contribution in [3.05, 3.63) is 83.6 Å². The second kappa shape index (κ2) is 7.46. The molecule has 0 saturated carbocycles. The van der Waals surface area contributed by atoms with Crippen molar-refractivity contribution in [2.24, 2.45) is 4.99 Å². The average molecular weight is 357 g/mol. The largest absolute Gasteiger partial charge is 0.494 e. The summed E-state index contributed by atoms with van der Waals surface area (Å²) in [5, 5.41) is 2.08. The third-order valence-corrected chi connectivity index (χ3v) is 4.30. The lowest BCUT2D eigenvalue weighted by Crippen LogP contribution is -2.05. The number of fused-ring (bicyclic) bond motifs is 1. The Morgan fingerprint density at radius 1 is 1.00 bits per heavy atom. The number of ether oxygens (including phenoxy) is 2. The highest BCUT2D eigenvalue weighted by Crippen LogP contribution is 2.25. The van der Waals surface area contributed by atoms with Crippen molar-refractivity contribution >= 4 is 28.7 Å². The predicted octanol–water partition coefficient (Wildman–Crippen LogP) is 4.97. The Labute approximate surface area is 157 Å². The highest BCUT2D eigenvalue weighted by Gasteiger charge is 2.25. The highest BCUT2D eigenvalue weighted by molar-refractivity contribution is 6.17. The summed E-state index contributed by atoms with van der Waals surface area (Å²) in [6.45, 7) is 2.75. The van der Waals surface area contributed by atoms with Crippen LogP contribution in [0.1, 0.15) is 24.5 Å². The Kier molecular flexibility index (Phi) is 4.71. The summed E-state index contributed by atoms with van der Waals surface area (Å²) in [5.74, 6) is 0.711. The third kappa shape index (κ3) is 3.60. The number of rotatable bonds is 5. The van der Waals surface area contributed by atoms with Crippen LogP contribution in [-0.4, -0.2) is 18.5 Å². The first-order valence-corrected chi connectivity index (χ1v) is 8.98. The monoisotopic (exact) mass is 357 g/mol. The molecule has 1 aliphatic heterocycles. The van der Waals surface area contributed by atoms with Crippen molar-refractivity contribution in [2.45, 2.75) is 13.3 Å². The Balaban J connectivity index is 1.63. The molecule has 0 aliphatic carbocycles. The van der Waals surface area contributed by atoms with Crippen LogP contribution in [-0.2, 0) is 9.53 Å². The van der Waals surface area contributed by atoms with Gasteiger partial charge in [-0.25, -0.2) is 9.79 Å². The maximum Gasteiger partial charge on any atom is 0.363 e. The molecule has 0 spiro atoms. The molecule has 0 radical (unpaired) electrons. The van der Waals surface area contributed by atoms with Crippen LogP contribution in [0, 0.1) is 0 Å². The molecule has 27 heavy (non-hydrogen) atoms. The second-order valence-electron chi connectivity index (χ2n) is 6.28. The Hall–Kier alpha value is -3.40. The van der Waals surface area contributed by atoms with E-state index in [-0.39, 0.29) is 0 Å². The third-order valence-electron chi connectivity index (χ3n) is 4.30. The van der Waals surface area contributed by atoms with E-state index in [1.165, 1.54) is 0 Å². The normalized spacial score (nSPS) is 15.1. The van der Waals surface area contributed by atoms with Gasteiger partial charge in [0.2, 0.25) is 5.90 Å². The lowest BCUT2D eigenvalue weighted by molar-refractivity contribution is -0.129. The van der Waals surface area contributed by atoms with Crippen molar-refractivity contribution in [3.8, 4) is 5.75 Å². The van der Waals surface area contributed by atoms with Crippen LogP contribution in [0.2, 0.25) is 0 Å². The molecule has 0 bridgehead atoms. The molecule has 134 valence electrons. The van der Waals surface area contributed by atoms with Crippen molar-refractivity contribution in [2.75, 3.05) is 6.61 Å². The fourth-order valence-corrected chi connectivity index (χ4v) is 2.97. The van der Waals surface area contributed by atoms with Crippen molar-refractivity contribution in [3.63, 3.8) is 0 Å². The Morgan fingerprint density at radius 2 is 1.78 bits per heavy atom. The van der Waals surface area contributed by atoms with Gasteiger partial charge >= 0.3 is 5.97 Å². The van der Waals surface area contributed by atoms with E-state index in [4.69, 9.17) is 9.47 Å². The molecule has 3 aromatic rings. The SMILES string of the molecule is CCCOc1ccc(/C=C2\N=C(c3cccc4ccccc34)OC2=O)cc1. The van der Waals surface area contributed by atoms with Gasteiger partial charge in [0.05, 0.1) is 6.61 Å². The first-order valence-electron chi connectivity index (χ1n) is 8.98. The van der Waals surface area contributed by atoms with Gasteiger partial charge in [-0.05, 0) is 47.0 Å². The van der Waals surface area contributed by atoms with Crippen LogP contribution in [0.25, 0.3) is 16.8 Å². The standard InChI is InChI=1S/C23H19NO3/c1-2-14-26-18-12-10-16(11-13-18)15-21-23(25)27-22(24-21)20-9-5-7-17-6-3-4-8-19(17)20/h3-13,15H,2,14H2,1H3/b21-15-. The van der Waals surface area contributed by atoms with Crippen LogP contribution < -0.4 is 4.74 Å². The maximum atomic E-state index is 12.3. The summed E-state index contributed by atoms with van der Waals surface area (Å²) in [7, 11) is 0. The van der Waals surface area contributed by atoms with Crippen molar-refractivity contribution < 1.29 is 14.3 Å². The number of hydrogen-bond donors (Lipinski definition) is 0. The number of hydrogen-bond acceptors (Lipinski definition) is 4. The summed E-state index contributed by atoms with van der Waals surface area (Å²) < 4.78 is 11.0. The van der Waals surface area contributed by atoms with Gasteiger partial charge < -0.3 is 9.47 Å². The minimum atomic E-state index is -0.441. The number of cyclic esters (lactones) is 1. The molecule has 4 heteroatoms. The fraction of sp³-hybridized carbons (Fsp3) is 0.130. The molecular formula is C23H19NO3. The van der Waals surface area contributed by atoms with Crippen molar-refractivity contribution in [1.82, 2.24) is 0 Å². The van der Waals surface area contributed by atoms with Crippen molar-refractivity contribution in [1.29, 1.82) is 0 Å². The highest BCUT2D eigenvalue weighted by atomic mass is 16.6. The van der Waals surface area contributed by atoms with Crippen LogP contribution in [0.5, 0.6) is 5.75 Å². The molecule has 0 atom stereocenters. The second-order valence-corrected chi connectivity index (χ2v) is 6.28. The molecule has 0 aromatic heterocycles. The molecule has 0 unspecified atom stereocenters. The van der Waals surface area contributed by atoms with E-state index < -0.39 is 5.97 Å². The smallest absolute Gasteiger partial charge is 0.363 e. The summed E-state index contributed by atoms with van der Waals surface area (Å²) in [4.78, 5) is 16.7. The maximum absolute atomic E-state index is 12.3. The van der Waals surface area contributed by atoms with Gasteiger partial charge in [-0.15, -0.1) is 0 Å². The van der Waals surface area contributed by atoms with Gasteiger partial charge in [0, 0.05) is 5.56 Å². The summed E-state index contributed by atoms with van der Waals surface area (Å²) >= 11 is 0. The fourth-order valence-electron chi connectivity index (χ4n) is 2.97. The van der Waals surface area contributed by atoms with E-state index in [2.05, 4.69) is 11.9 Å². The number of nitrogens with zero attached hydrogens (tertiary/aromatic N) is 1. The lowest BCUT2D eigenvalue weighted by atomic mass is 10.0. The topological polar surface area (TPSA) is 47.9 Å². The average Bonchev–Trinajstić information content (AvgIpc) is 3.07. The molecule has 0 fully saturated rings. The zero-order chi connectivity index (χ0) is 18.6. The van der Waals surface area contributed by atoms with Crippen LogP contribution >= 0.6 is 0 Å². The van der Waals surface area contributed by atoms with Gasteiger partial charge in [-0.1, -0.05) is 55.5 Å². The van der Waals surface area contributed by atoms with Gasteiger partial charge in [0.1, 0.15) is 5.75 Å². The minimum Gasteiger partial charge on any atom is -0.494 e. The molecule has 0 N–H and O–H groups in total. The van der Waals surface area contributed by atoms with Gasteiger partial charge in [0.25, 0.3) is 0 Å². The molecule has 1 aliphatic rings. The molecular weight excluding hydrogens is 338 g/mol. The van der Waals surface area contributed by atoms with Gasteiger partial charge in [-0.2, -0.15) is 0 Å². The van der Waals surface area contributed by atoms with Gasteiger partial charge in [0.15, 0.2) is 5.70 Å².